The third kappa shape index (κ3) is 5.79. The van der Waals surface area contributed by atoms with E-state index in [-0.39, 0.29) is 10.8 Å². The Morgan fingerprint density at radius 3 is 1.69 bits per heavy atom. The van der Waals surface area contributed by atoms with Crippen molar-refractivity contribution in [2.45, 2.75) is 38.5 Å². The van der Waals surface area contributed by atoms with Crippen LogP contribution in [0.15, 0.2) is 218 Å². The molecule has 0 fully saturated rings. The van der Waals surface area contributed by atoms with Crippen LogP contribution >= 0.6 is 0 Å². The molecular formula is C62H48N2. The van der Waals surface area contributed by atoms with Crippen LogP contribution < -0.4 is 9.80 Å². The van der Waals surface area contributed by atoms with E-state index < -0.39 is 0 Å². The van der Waals surface area contributed by atoms with E-state index in [4.69, 9.17) is 0 Å². The van der Waals surface area contributed by atoms with Crippen molar-refractivity contribution in [3.63, 3.8) is 0 Å². The molecule has 0 bridgehead atoms. The predicted octanol–water partition coefficient (Wildman–Crippen LogP) is 17.2. The SMILES string of the molecule is CC1(C)c2ccccc2-c2ccc(N(c3ccccc3)c3ccc(-c4ccc5ccccc5c4N4c5ccccc5C(C)(C)c5cc(-c6cccc7ccccc67)ccc54)cc3)cc21. The highest BCUT2D eigenvalue weighted by Gasteiger charge is 2.39. The van der Waals surface area contributed by atoms with Crippen LogP contribution in [0.1, 0.15) is 49.9 Å². The predicted molar refractivity (Wildman–Crippen MR) is 271 cm³/mol. The molecular weight excluding hydrogens is 773 g/mol. The second-order valence-electron chi connectivity index (χ2n) is 18.5. The Balaban J connectivity index is 1.02. The van der Waals surface area contributed by atoms with Gasteiger partial charge in [-0.1, -0.05) is 191 Å². The molecule has 2 nitrogen and oxygen atoms in total. The van der Waals surface area contributed by atoms with E-state index in [0.29, 0.717) is 0 Å². The highest BCUT2D eigenvalue weighted by molar-refractivity contribution is 6.08. The van der Waals surface area contributed by atoms with Crippen molar-refractivity contribution in [2.24, 2.45) is 0 Å². The van der Waals surface area contributed by atoms with Gasteiger partial charge in [0.2, 0.25) is 0 Å². The van der Waals surface area contributed by atoms with Crippen LogP contribution in [0.2, 0.25) is 0 Å². The van der Waals surface area contributed by atoms with Gasteiger partial charge in [0.1, 0.15) is 0 Å². The van der Waals surface area contributed by atoms with Gasteiger partial charge in [0.15, 0.2) is 0 Å². The maximum Gasteiger partial charge on any atom is 0.0618 e. The molecule has 1 aliphatic heterocycles. The minimum absolute atomic E-state index is 0.0982. The minimum Gasteiger partial charge on any atom is -0.310 e. The molecule has 12 rings (SSSR count). The van der Waals surface area contributed by atoms with Crippen LogP contribution in [0.3, 0.4) is 0 Å². The van der Waals surface area contributed by atoms with Gasteiger partial charge >= 0.3 is 0 Å². The van der Waals surface area contributed by atoms with Crippen molar-refractivity contribution in [2.75, 3.05) is 9.80 Å². The third-order valence-electron chi connectivity index (χ3n) is 14.2. The first kappa shape index (κ1) is 38.0. The molecule has 0 N–H and O–H groups in total. The molecule has 1 aliphatic carbocycles. The lowest BCUT2D eigenvalue weighted by molar-refractivity contribution is 0.632. The Bertz CT molecular complexity index is 3440. The van der Waals surface area contributed by atoms with Crippen molar-refractivity contribution in [1.82, 2.24) is 0 Å². The smallest absolute Gasteiger partial charge is 0.0618 e. The van der Waals surface area contributed by atoms with Gasteiger partial charge < -0.3 is 9.80 Å². The molecule has 0 atom stereocenters. The molecule has 0 saturated carbocycles. The first-order valence-electron chi connectivity index (χ1n) is 22.5. The van der Waals surface area contributed by atoms with Gasteiger partial charge in [-0.15, -0.1) is 0 Å². The zero-order valence-electron chi connectivity index (χ0n) is 36.7. The fourth-order valence-corrected chi connectivity index (χ4v) is 11.0. The van der Waals surface area contributed by atoms with E-state index in [1.54, 1.807) is 0 Å². The lowest BCUT2D eigenvalue weighted by Gasteiger charge is -2.43. The van der Waals surface area contributed by atoms with Crippen molar-refractivity contribution < 1.29 is 0 Å². The Kier molecular flexibility index (Phi) is 8.58. The summed E-state index contributed by atoms with van der Waals surface area (Å²) in [7, 11) is 0. The van der Waals surface area contributed by atoms with Gasteiger partial charge in [-0.05, 0) is 121 Å². The van der Waals surface area contributed by atoms with Crippen LogP contribution in [-0.2, 0) is 10.8 Å². The molecule has 0 amide bonds. The van der Waals surface area contributed by atoms with Crippen LogP contribution in [-0.4, -0.2) is 0 Å². The van der Waals surface area contributed by atoms with Crippen molar-refractivity contribution >= 4 is 55.7 Å². The van der Waals surface area contributed by atoms with Crippen LogP contribution in [0, 0.1) is 0 Å². The van der Waals surface area contributed by atoms with Gasteiger partial charge in [0, 0.05) is 38.8 Å². The zero-order chi connectivity index (χ0) is 43.2. The number of hydrogen-bond donors (Lipinski definition) is 0. The van der Waals surface area contributed by atoms with Gasteiger partial charge in [-0.2, -0.15) is 0 Å². The third-order valence-corrected chi connectivity index (χ3v) is 14.2. The standard InChI is InChI=1S/C62H48N2/c1-61(2)54-26-13-12-24-52(54)53-37-35-47(40-56(53)61)63(45-20-6-5-7-21-45)46-33-29-43(30-34-46)51-36-31-42-18-9-11-23-50(42)60(51)64-58-28-15-14-27-55(58)62(3,4)57-39-44(32-38-59(57)64)49-25-16-19-41-17-8-10-22-48(41)49/h5-40H,1-4H3. The Labute approximate surface area is 376 Å². The van der Waals surface area contributed by atoms with Crippen LogP contribution in [0.25, 0.3) is 54.9 Å². The molecule has 1 heterocycles. The number of anilines is 6. The van der Waals surface area contributed by atoms with Crippen molar-refractivity contribution in [3.8, 4) is 33.4 Å². The van der Waals surface area contributed by atoms with E-state index in [1.165, 1.54) is 94.2 Å². The summed E-state index contributed by atoms with van der Waals surface area (Å²) in [5.74, 6) is 0. The van der Waals surface area contributed by atoms with Gasteiger partial charge in [0.25, 0.3) is 0 Å². The molecule has 10 aromatic rings. The topological polar surface area (TPSA) is 6.48 Å². The lowest BCUT2D eigenvalue weighted by Crippen LogP contribution is -2.31. The highest BCUT2D eigenvalue weighted by atomic mass is 15.2. The van der Waals surface area contributed by atoms with Crippen LogP contribution in [0.5, 0.6) is 0 Å². The molecule has 2 heteroatoms. The number of benzene rings is 10. The van der Waals surface area contributed by atoms with E-state index >= 15 is 0 Å². The summed E-state index contributed by atoms with van der Waals surface area (Å²) in [5, 5.41) is 4.96. The largest absolute Gasteiger partial charge is 0.310 e. The maximum absolute atomic E-state index is 2.55. The minimum atomic E-state index is -0.244. The summed E-state index contributed by atoms with van der Waals surface area (Å²) in [6.07, 6.45) is 0. The number of hydrogen-bond acceptors (Lipinski definition) is 2. The second-order valence-corrected chi connectivity index (χ2v) is 18.5. The quantitative estimate of drug-likeness (QED) is 0.165. The first-order valence-corrected chi connectivity index (χ1v) is 22.5. The number of rotatable bonds is 6. The normalized spacial score (nSPS) is 14.2. The number of fused-ring (bicyclic) bond motifs is 7. The fourth-order valence-electron chi connectivity index (χ4n) is 11.0. The van der Waals surface area contributed by atoms with Crippen LogP contribution in [0.4, 0.5) is 34.1 Å². The monoisotopic (exact) mass is 820 g/mol. The molecule has 0 aromatic heterocycles. The molecule has 306 valence electrons. The summed E-state index contributed by atoms with van der Waals surface area (Å²) in [5.41, 5.74) is 19.5. The summed E-state index contributed by atoms with van der Waals surface area (Å²) in [6.45, 7) is 9.48. The molecule has 0 spiro atoms. The summed E-state index contributed by atoms with van der Waals surface area (Å²) < 4.78 is 0. The zero-order valence-corrected chi connectivity index (χ0v) is 36.7. The Morgan fingerprint density at radius 2 is 0.875 bits per heavy atom. The first-order chi connectivity index (χ1) is 31.3. The number of para-hydroxylation sites is 2. The molecule has 0 saturated heterocycles. The summed E-state index contributed by atoms with van der Waals surface area (Å²) in [4.78, 5) is 4.95. The molecule has 2 aliphatic rings. The van der Waals surface area contributed by atoms with E-state index in [0.717, 1.165) is 17.1 Å². The van der Waals surface area contributed by atoms with Gasteiger partial charge in [-0.25, -0.2) is 0 Å². The van der Waals surface area contributed by atoms with E-state index in [1.807, 2.05) is 0 Å². The molecule has 10 aromatic carbocycles. The highest BCUT2D eigenvalue weighted by Crippen LogP contribution is 2.56. The second kappa shape index (κ2) is 14.4. The lowest BCUT2D eigenvalue weighted by atomic mass is 9.72. The molecule has 0 radical (unpaired) electrons. The average molecular weight is 821 g/mol. The molecule has 0 unspecified atom stereocenters. The van der Waals surface area contributed by atoms with Gasteiger partial charge in [-0.3, -0.25) is 0 Å². The summed E-state index contributed by atoms with van der Waals surface area (Å²) >= 11 is 0. The average Bonchev–Trinajstić information content (AvgIpc) is 3.57. The Morgan fingerprint density at radius 1 is 0.328 bits per heavy atom. The Hall–Kier alpha value is -7.68. The van der Waals surface area contributed by atoms with Gasteiger partial charge in [0.05, 0.1) is 17.1 Å². The fraction of sp³-hybridized carbons (Fsp3) is 0.0968. The van der Waals surface area contributed by atoms with E-state index in [9.17, 15) is 0 Å². The van der Waals surface area contributed by atoms with Crippen molar-refractivity contribution in [1.29, 1.82) is 0 Å². The number of nitrogens with zero attached hydrogens (tertiary/aromatic N) is 2. The molecule has 64 heavy (non-hydrogen) atoms. The van der Waals surface area contributed by atoms with E-state index in [2.05, 4.69) is 256 Å². The van der Waals surface area contributed by atoms with Crippen molar-refractivity contribution in [3.05, 3.63) is 241 Å². The maximum atomic E-state index is 2.55. The summed E-state index contributed by atoms with van der Waals surface area (Å²) in [6, 6.07) is 80.9.